The molecule has 0 saturated carbocycles. The Hall–Kier alpha value is -1.35. The first-order valence-electron chi connectivity index (χ1n) is 3.21. The molecule has 3 nitrogen and oxygen atoms in total. The number of aliphatic carboxylic acids is 1. The van der Waals surface area contributed by atoms with Gasteiger partial charge in [0.2, 0.25) is 0 Å². The molecular formula is C8H6ClNO2. The van der Waals surface area contributed by atoms with Gasteiger partial charge in [0.05, 0.1) is 11.3 Å². The van der Waals surface area contributed by atoms with Crippen molar-refractivity contribution in [3.8, 4) is 0 Å². The summed E-state index contributed by atoms with van der Waals surface area (Å²) in [6, 6.07) is 4.99. The van der Waals surface area contributed by atoms with Gasteiger partial charge in [0.15, 0.2) is 0 Å². The molecule has 0 aliphatic rings. The Morgan fingerprint density at radius 1 is 1.58 bits per heavy atom. The highest BCUT2D eigenvalue weighted by atomic mass is 35.5. The summed E-state index contributed by atoms with van der Waals surface area (Å²) in [6.07, 6.45) is 1.51. The van der Waals surface area contributed by atoms with Crippen LogP contribution in [0.3, 0.4) is 0 Å². The standard InChI is InChI=1S/C8H6ClNO2/c9-5-6(8(11)12)7-3-1-2-4-10-7/h1-5H,(H,11,12). The van der Waals surface area contributed by atoms with Crippen LogP contribution in [0.4, 0.5) is 0 Å². The second kappa shape index (κ2) is 3.88. The van der Waals surface area contributed by atoms with Gasteiger partial charge in [-0.15, -0.1) is 0 Å². The number of hydrogen-bond acceptors (Lipinski definition) is 2. The van der Waals surface area contributed by atoms with E-state index in [1.165, 1.54) is 6.20 Å². The largest absolute Gasteiger partial charge is 0.478 e. The van der Waals surface area contributed by atoms with Crippen LogP contribution in [0.5, 0.6) is 0 Å². The summed E-state index contributed by atoms with van der Waals surface area (Å²) < 4.78 is 0. The van der Waals surface area contributed by atoms with E-state index < -0.39 is 5.97 Å². The van der Waals surface area contributed by atoms with Crippen LogP contribution in [-0.2, 0) is 4.79 Å². The number of pyridine rings is 1. The maximum absolute atomic E-state index is 10.5. The summed E-state index contributed by atoms with van der Waals surface area (Å²) in [5.74, 6) is -1.08. The van der Waals surface area contributed by atoms with Gasteiger partial charge in [0, 0.05) is 11.7 Å². The Bertz CT molecular complexity index is 308. The SMILES string of the molecule is O=C(O)C(=CCl)c1ccccn1. The van der Waals surface area contributed by atoms with E-state index in [4.69, 9.17) is 16.7 Å². The molecular weight excluding hydrogens is 178 g/mol. The minimum absolute atomic E-state index is 0.00253. The quantitative estimate of drug-likeness (QED) is 0.711. The molecule has 0 spiro atoms. The van der Waals surface area contributed by atoms with Crippen LogP contribution in [-0.4, -0.2) is 16.1 Å². The molecule has 0 amide bonds. The Labute approximate surface area is 74.3 Å². The lowest BCUT2D eigenvalue weighted by Gasteiger charge is -1.97. The molecule has 1 N–H and O–H groups in total. The van der Waals surface area contributed by atoms with Crippen LogP contribution < -0.4 is 0 Å². The third kappa shape index (κ3) is 1.83. The van der Waals surface area contributed by atoms with E-state index in [9.17, 15) is 4.79 Å². The van der Waals surface area contributed by atoms with Crippen molar-refractivity contribution in [2.45, 2.75) is 0 Å². The van der Waals surface area contributed by atoms with Crippen molar-refractivity contribution < 1.29 is 9.90 Å². The normalized spacial score (nSPS) is 11.2. The maximum Gasteiger partial charge on any atom is 0.338 e. The number of hydrogen-bond donors (Lipinski definition) is 1. The third-order valence-electron chi connectivity index (χ3n) is 1.28. The van der Waals surface area contributed by atoms with Crippen LogP contribution in [0.1, 0.15) is 5.69 Å². The Morgan fingerprint density at radius 3 is 2.75 bits per heavy atom. The second-order valence-corrected chi connectivity index (χ2v) is 2.26. The zero-order valence-electron chi connectivity index (χ0n) is 6.07. The van der Waals surface area contributed by atoms with Crippen molar-refractivity contribution in [1.82, 2.24) is 4.98 Å². The molecule has 0 aliphatic carbocycles. The van der Waals surface area contributed by atoms with Gasteiger partial charge in [0.1, 0.15) is 0 Å². The van der Waals surface area contributed by atoms with E-state index in [-0.39, 0.29) is 5.57 Å². The summed E-state index contributed by atoms with van der Waals surface area (Å²) in [5, 5.41) is 8.63. The number of rotatable bonds is 2. The number of aromatic nitrogens is 1. The van der Waals surface area contributed by atoms with Gasteiger partial charge in [-0.05, 0) is 12.1 Å². The number of nitrogens with zero attached hydrogens (tertiary/aromatic N) is 1. The van der Waals surface area contributed by atoms with Crippen LogP contribution in [0.2, 0.25) is 0 Å². The molecule has 0 aliphatic heterocycles. The molecule has 0 bridgehead atoms. The number of carboxylic acids is 1. The minimum Gasteiger partial charge on any atom is -0.478 e. The fourth-order valence-corrected chi connectivity index (χ4v) is 0.939. The molecule has 62 valence electrons. The number of carboxylic acid groups (broad SMARTS) is 1. The van der Waals surface area contributed by atoms with Crippen molar-refractivity contribution >= 4 is 23.1 Å². The molecule has 1 aromatic rings. The number of carbonyl (C=O) groups is 1. The third-order valence-corrected chi connectivity index (χ3v) is 1.50. The molecule has 1 aromatic heterocycles. The van der Waals surface area contributed by atoms with E-state index in [2.05, 4.69) is 4.98 Å². The van der Waals surface area contributed by atoms with Crippen molar-refractivity contribution in [2.75, 3.05) is 0 Å². The highest BCUT2D eigenvalue weighted by Crippen LogP contribution is 2.11. The van der Waals surface area contributed by atoms with Crippen LogP contribution >= 0.6 is 11.6 Å². The lowest BCUT2D eigenvalue weighted by Crippen LogP contribution is -2.00. The minimum atomic E-state index is -1.08. The van der Waals surface area contributed by atoms with Crippen LogP contribution in [0.15, 0.2) is 29.9 Å². The highest BCUT2D eigenvalue weighted by molar-refractivity contribution is 6.34. The van der Waals surface area contributed by atoms with Crippen molar-refractivity contribution in [1.29, 1.82) is 0 Å². The zero-order valence-corrected chi connectivity index (χ0v) is 6.82. The summed E-state index contributed by atoms with van der Waals surface area (Å²) in [5.41, 5.74) is 1.36. The highest BCUT2D eigenvalue weighted by Gasteiger charge is 2.09. The van der Waals surface area contributed by atoms with Gasteiger partial charge in [0.25, 0.3) is 0 Å². The van der Waals surface area contributed by atoms with Gasteiger partial charge in [-0.2, -0.15) is 0 Å². The van der Waals surface area contributed by atoms with Gasteiger partial charge < -0.3 is 5.11 Å². The first-order chi connectivity index (χ1) is 5.75. The van der Waals surface area contributed by atoms with Crippen LogP contribution in [0, 0.1) is 0 Å². The fraction of sp³-hybridized carbons (Fsp3) is 0. The molecule has 0 atom stereocenters. The zero-order chi connectivity index (χ0) is 8.97. The van der Waals surface area contributed by atoms with E-state index >= 15 is 0 Å². The topological polar surface area (TPSA) is 50.2 Å². The monoisotopic (exact) mass is 183 g/mol. The van der Waals surface area contributed by atoms with Crippen molar-refractivity contribution in [2.24, 2.45) is 0 Å². The molecule has 4 heteroatoms. The molecule has 0 radical (unpaired) electrons. The Kier molecular flexibility index (Phi) is 2.82. The average molecular weight is 184 g/mol. The Balaban J connectivity index is 3.05. The predicted octanol–water partition coefficient (Wildman–Crippen LogP) is 1.75. The molecule has 0 aromatic carbocycles. The van der Waals surface area contributed by atoms with Gasteiger partial charge in [-0.25, -0.2) is 4.79 Å². The lowest BCUT2D eigenvalue weighted by atomic mass is 10.2. The van der Waals surface area contributed by atoms with Crippen molar-refractivity contribution in [3.05, 3.63) is 35.6 Å². The number of halogens is 1. The maximum atomic E-state index is 10.5. The van der Waals surface area contributed by atoms with Gasteiger partial charge >= 0.3 is 5.97 Å². The second-order valence-electron chi connectivity index (χ2n) is 2.04. The summed E-state index contributed by atoms with van der Waals surface area (Å²) in [7, 11) is 0. The smallest absolute Gasteiger partial charge is 0.338 e. The first-order valence-corrected chi connectivity index (χ1v) is 3.64. The van der Waals surface area contributed by atoms with E-state index in [0.29, 0.717) is 5.69 Å². The van der Waals surface area contributed by atoms with Crippen molar-refractivity contribution in [3.63, 3.8) is 0 Å². The van der Waals surface area contributed by atoms with E-state index in [1.54, 1.807) is 18.2 Å². The molecule has 1 rings (SSSR count). The average Bonchev–Trinajstić information content (AvgIpc) is 2.07. The van der Waals surface area contributed by atoms with Crippen LogP contribution in [0.25, 0.3) is 5.57 Å². The molecule has 0 unspecified atom stereocenters. The van der Waals surface area contributed by atoms with E-state index in [0.717, 1.165) is 5.54 Å². The molecule has 0 saturated heterocycles. The first kappa shape index (κ1) is 8.74. The predicted molar refractivity (Wildman–Crippen MR) is 45.7 cm³/mol. The molecule has 0 fully saturated rings. The van der Waals surface area contributed by atoms with E-state index in [1.807, 2.05) is 0 Å². The fourth-order valence-electron chi connectivity index (χ4n) is 0.734. The summed E-state index contributed by atoms with van der Waals surface area (Å²) in [6.45, 7) is 0. The van der Waals surface area contributed by atoms with Gasteiger partial charge in [-0.3, -0.25) is 4.98 Å². The molecule has 12 heavy (non-hydrogen) atoms. The molecule has 1 heterocycles. The summed E-state index contributed by atoms with van der Waals surface area (Å²) >= 11 is 5.31. The Morgan fingerprint density at radius 2 is 2.33 bits per heavy atom. The summed E-state index contributed by atoms with van der Waals surface area (Å²) in [4.78, 5) is 14.4. The van der Waals surface area contributed by atoms with Gasteiger partial charge in [-0.1, -0.05) is 17.7 Å². The lowest BCUT2D eigenvalue weighted by molar-refractivity contribution is -0.130.